The molecule has 0 spiro atoms. The first-order chi connectivity index (χ1) is 9.72. The van der Waals surface area contributed by atoms with Crippen molar-refractivity contribution in [2.45, 2.75) is 6.54 Å². The number of hydrogen-bond acceptors (Lipinski definition) is 5. The Balaban J connectivity index is 1.81. The minimum absolute atomic E-state index is 0.380. The van der Waals surface area contributed by atoms with E-state index < -0.39 is 0 Å². The number of pyridine rings is 1. The van der Waals surface area contributed by atoms with Crippen LogP contribution in [0.2, 0.25) is 5.02 Å². The van der Waals surface area contributed by atoms with E-state index in [9.17, 15) is 0 Å². The fourth-order valence-corrected chi connectivity index (χ4v) is 1.98. The van der Waals surface area contributed by atoms with Gasteiger partial charge in [-0.2, -0.15) is 0 Å². The van der Waals surface area contributed by atoms with E-state index in [0.717, 1.165) is 21.9 Å². The van der Waals surface area contributed by atoms with Crippen LogP contribution in [0.3, 0.4) is 0 Å². The average Bonchev–Trinajstić information content (AvgIpc) is 2.47. The van der Waals surface area contributed by atoms with Gasteiger partial charge in [0.1, 0.15) is 17.7 Å². The number of halogens is 1. The number of nitrogens with one attached hydrogen (secondary N) is 1. The molecule has 5 nitrogen and oxygen atoms in total. The van der Waals surface area contributed by atoms with Gasteiger partial charge in [-0.15, -0.1) is 0 Å². The van der Waals surface area contributed by atoms with Gasteiger partial charge in [-0.3, -0.25) is 0 Å². The smallest absolute Gasteiger partial charge is 0.153 e. The molecule has 2 aromatic heterocycles. The van der Waals surface area contributed by atoms with Crippen LogP contribution in [-0.4, -0.2) is 15.0 Å². The molecule has 2 heterocycles. The first-order valence-electron chi connectivity index (χ1n) is 6.08. The minimum Gasteiger partial charge on any atom is -0.382 e. The molecule has 1 aromatic carbocycles. The lowest BCUT2D eigenvalue weighted by Gasteiger charge is -2.07. The molecule has 0 aliphatic rings. The van der Waals surface area contributed by atoms with Gasteiger partial charge in [0.05, 0.1) is 5.52 Å². The van der Waals surface area contributed by atoms with Crippen LogP contribution in [0.15, 0.2) is 42.7 Å². The van der Waals surface area contributed by atoms with E-state index in [1.165, 1.54) is 6.33 Å². The molecule has 0 bridgehead atoms. The molecule has 3 aromatic rings. The molecule has 100 valence electrons. The zero-order valence-corrected chi connectivity index (χ0v) is 11.3. The van der Waals surface area contributed by atoms with E-state index in [2.05, 4.69) is 20.3 Å². The van der Waals surface area contributed by atoms with E-state index in [4.69, 9.17) is 17.3 Å². The van der Waals surface area contributed by atoms with Gasteiger partial charge in [-0.05, 0) is 29.8 Å². The van der Waals surface area contributed by atoms with E-state index >= 15 is 0 Å². The molecule has 0 aliphatic heterocycles. The van der Waals surface area contributed by atoms with Crippen molar-refractivity contribution in [1.29, 1.82) is 0 Å². The minimum atomic E-state index is 0.380. The number of nitrogen functional groups attached to an aromatic ring is 1. The number of rotatable bonds is 3. The Morgan fingerprint density at radius 2 is 1.85 bits per heavy atom. The van der Waals surface area contributed by atoms with Gasteiger partial charge in [-0.1, -0.05) is 23.7 Å². The van der Waals surface area contributed by atoms with Crippen LogP contribution < -0.4 is 11.1 Å². The summed E-state index contributed by atoms with van der Waals surface area (Å²) in [7, 11) is 0. The molecule has 0 unspecified atom stereocenters. The fraction of sp³-hybridized carbons (Fsp3) is 0.0714. The van der Waals surface area contributed by atoms with E-state index in [1.54, 1.807) is 0 Å². The number of hydrogen-bond donors (Lipinski definition) is 2. The SMILES string of the molecule is Nc1ncnc2ccc(NCc3ccc(Cl)cc3)nc12. The van der Waals surface area contributed by atoms with Crippen LogP contribution in [0.1, 0.15) is 5.56 Å². The summed E-state index contributed by atoms with van der Waals surface area (Å²) in [6, 6.07) is 11.4. The summed E-state index contributed by atoms with van der Waals surface area (Å²) >= 11 is 5.85. The summed E-state index contributed by atoms with van der Waals surface area (Å²) in [6.07, 6.45) is 1.43. The maximum atomic E-state index is 5.85. The zero-order valence-electron chi connectivity index (χ0n) is 10.5. The lowest BCUT2D eigenvalue weighted by atomic mass is 10.2. The number of anilines is 2. The Hall–Kier alpha value is -2.40. The third-order valence-corrected chi connectivity index (χ3v) is 3.15. The van der Waals surface area contributed by atoms with Gasteiger partial charge in [0, 0.05) is 11.6 Å². The molecule has 0 atom stereocenters. The third kappa shape index (κ3) is 2.62. The number of aromatic nitrogens is 3. The molecular weight excluding hydrogens is 274 g/mol. The topological polar surface area (TPSA) is 76.7 Å². The third-order valence-electron chi connectivity index (χ3n) is 2.90. The van der Waals surface area contributed by atoms with Gasteiger partial charge in [0.25, 0.3) is 0 Å². The molecular formula is C14H12ClN5. The summed E-state index contributed by atoms with van der Waals surface area (Å²) in [4.78, 5) is 12.5. The first kappa shape index (κ1) is 12.6. The Labute approximate surface area is 120 Å². The van der Waals surface area contributed by atoms with Crippen LogP contribution in [0.25, 0.3) is 11.0 Å². The standard InChI is InChI=1S/C14H12ClN5/c15-10-3-1-9(2-4-10)7-17-12-6-5-11-13(20-12)14(16)19-8-18-11/h1-6,8H,7H2,(H,17,20)(H2,16,18,19). The molecule has 0 aliphatic carbocycles. The molecule has 20 heavy (non-hydrogen) atoms. The van der Waals surface area contributed by atoms with Crippen molar-refractivity contribution in [2.24, 2.45) is 0 Å². The Kier molecular flexibility index (Phi) is 3.35. The normalized spacial score (nSPS) is 10.7. The Morgan fingerprint density at radius 3 is 2.65 bits per heavy atom. The number of nitrogens with two attached hydrogens (primary N) is 1. The predicted molar refractivity (Wildman–Crippen MR) is 80.5 cm³/mol. The van der Waals surface area contributed by atoms with Crippen LogP contribution in [0, 0.1) is 0 Å². The van der Waals surface area contributed by atoms with Crippen molar-refractivity contribution in [3.63, 3.8) is 0 Å². The maximum Gasteiger partial charge on any atom is 0.153 e. The Bertz CT molecular complexity index is 742. The second-order valence-electron chi connectivity index (χ2n) is 4.30. The zero-order chi connectivity index (χ0) is 13.9. The highest BCUT2D eigenvalue weighted by Gasteiger charge is 2.03. The number of nitrogens with zero attached hydrogens (tertiary/aromatic N) is 3. The average molecular weight is 286 g/mol. The van der Waals surface area contributed by atoms with E-state index in [1.807, 2.05) is 36.4 Å². The van der Waals surface area contributed by atoms with Gasteiger partial charge in [0.2, 0.25) is 0 Å². The summed E-state index contributed by atoms with van der Waals surface area (Å²) in [5.74, 6) is 1.11. The molecule has 3 N–H and O–H groups in total. The van der Waals surface area contributed by atoms with Gasteiger partial charge >= 0.3 is 0 Å². The van der Waals surface area contributed by atoms with Crippen molar-refractivity contribution in [1.82, 2.24) is 15.0 Å². The molecule has 6 heteroatoms. The molecule has 0 fully saturated rings. The second kappa shape index (κ2) is 5.30. The van der Waals surface area contributed by atoms with Crippen molar-refractivity contribution < 1.29 is 0 Å². The van der Waals surface area contributed by atoms with Gasteiger partial charge in [0.15, 0.2) is 5.82 Å². The highest BCUT2D eigenvalue weighted by Crippen LogP contribution is 2.17. The van der Waals surface area contributed by atoms with Crippen LogP contribution in [0.5, 0.6) is 0 Å². The molecule has 0 radical (unpaired) electrons. The molecule has 0 amide bonds. The summed E-state index contributed by atoms with van der Waals surface area (Å²) in [5.41, 5.74) is 8.25. The summed E-state index contributed by atoms with van der Waals surface area (Å²) < 4.78 is 0. The van der Waals surface area contributed by atoms with Crippen molar-refractivity contribution in [2.75, 3.05) is 11.1 Å². The lowest BCUT2D eigenvalue weighted by molar-refractivity contribution is 1.11. The van der Waals surface area contributed by atoms with Crippen molar-refractivity contribution >= 4 is 34.3 Å². The van der Waals surface area contributed by atoms with Crippen molar-refractivity contribution in [3.05, 3.63) is 53.3 Å². The predicted octanol–water partition coefficient (Wildman–Crippen LogP) is 2.87. The van der Waals surface area contributed by atoms with E-state index in [-0.39, 0.29) is 0 Å². The Morgan fingerprint density at radius 1 is 1.05 bits per heavy atom. The molecule has 0 saturated heterocycles. The van der Waals surface area contributed by atoms with Gasteiger partial charge < -0.3 is 11.1 Å². The fourth-order valence-electron chi connectivity index (χ4n) is 1.85. The van der Waals surface area contributed by atoms with E-state index in [0.29, 0.717) is 17.9 Å². The first-order valence-corrected chi connectivity index (χ1v) is 6.46. The number of fused-ring (bicyclic) bond motifs is 1. The molecule has 3 rings (SSSR count). The molecule has 0 saturated carbocycles. The monoisotopic (exact) mass is 285 g/mol. The number of benzene rings is 1. The summed E-state index contributed by atoms with van der Waals surface area (Å²) in [6.45, 7) is 0.656. The largest absolute Gasteiger partial charge is 0.382 e. The van der Waals surface area contributed by atoms with Crippen LogP contribution in [0.4, 0.5) is 11.6 Å². The maximum absolute atomic E-state index is 5.85. The summed E-state index contributed by atoms with van der Waals surface area (Å²) in [5, 5.41) is 3.96. The van der Waals surface area contributed by atoms with Crippen LogP contribution >= 0.6 is 11.6 Å². The van der Waals surface area contributed by atoms with Crippen molar-refractivity contribution in [3.8, 4) is 0 Å². The van der Waals surface area contributed by atoms with Crippen LogP contribution in [-0.2, 0) is 6.54 Å². The lowest BCUT2D eigenvalue weighted by Crippen LogP contribution is -2.03. The highest BCUT2D eigenvalue weighted by molar-refractivity contribution is 6.30. The quantitative estimate of drug-likeness (QED) is 0.774. The second-order valence-corrected chi connectivity index (χ2v) is 4.74. The highest BCUT2D eigenvalue weighted by atomic mass is 35.5. The van der Waals surface area contributed by atoms with Gasteiger partial charge in [-0.25, -0.2) is 15.0 Å².